The third-order valence-corrected chi connectivity index (χ3v) is 5.28. The summed E-state index contributed by atoms with van der Waals surface area (Å²) in [5.41, 5.74) is 5.33. The molecule has 4 aromatic rings. The largest absolute Gasteiger partial charge is 0.454 e. The van der Waals surface area contributed by atoms with Crippen LogP contribution in [0.5, 0.6) is 11.5 Å². The highest BCUT2D eigenvalue weighted by atomic mass is 79.9. The Morgan fingerprint density at radius 2 is 1.86 bits per heavy atom. The molecule has 5 nitrogen and oxygen atoms in total. The second-order valence-electron chi connectivity index (χ2n) is 6.47. The first-order valence-electron chi connectivity index (χ1n) is 8.77. The molecule has 1 aromatic heterocycles. The first kappa shape index (κ1) is 17.0. The van der Waals surface area contributed by atoms with Gasteiger partial charge < -0.3 is 13.9 Å². The number of ether oxygens (including phenoxy) is 2. The fourth-order valence-electron chi connectivity index (χ4n) is 3.10. The van der Waals surface area contributed by atoms with Gasteiger partial charge in [0.1, 0.15) is 5.52 Å². The molecule has 0 spiro atoms. The van der Waals surface area contributed by atoms with Crippen LogP contribution in [0.3, 0.4) is 0 Å². The second kappa shape index (κ2) is 6.80. The number of aliphatic imine (C=N–C) groups is 1. The Morgan fingerprint density at radius 1 is 1.04 bits per heavy atom. The topological polar surface area (TPSA) is 56.9 Å². The molecular formula is C22H15BrN2O3. The Morgan fingerprint density at radius 3 is 2.71 bits per heavy atom. The van der Waals surface area contributed by atoms with Gasteiger partial charge in [-0.1, -0.05) is 18.2 Å². The third-order valence-electron chi connectivity index (χ3n) is 4.59. The van der Waals surface area contributed by atoms with E-state index < -0.39 is 0 Å². The maximum absolute atomic E-state index is 5.92. The van der Waals surface area contributed by atoms with Crippen LogP contribution >= 0.6 is 15.9 Å². The molecule has 0 bridgehead atoms. The van der Waals surface area contributed by atoms with Crippen LogP contribution < -0.4 is 9.47 Å². The Labute approximate surface area is 169 Å². The predicted octanol–water partition coefficient (Wildman–Crippen LogP) is 6.05. The molecule has 0 atom stereocenters. The van der Waals surface area contributed by atoms with E-state index in [2.05, 4.69) is 25.9 Å². The molecule has 6 heteroatoms. The van der Waals surface area contributed by atoms with Crippen LogP contribution in [0, 0.1) is 6.92 Å². The second-order valence-corrected chi connectivity index (χ2v) is 7.33. The van der Waals surface area contributed by atoms with Crippen molar-refractivity contribution in [3.63, 3.8) is 0 Å². The molecule has 5 rings (SSSR count). The zero-order valence-electron chi connectivity index (χ0n) is 15.0. The van der Waals surface area contributed by atoms with Gasteiger partial charge in [-0.25, -0.2) is 4.98 Å². The van der Waals surface area contributed by atoms with E-state index in [-0.39, 0.29) is 6.79 Å². The van der Waals surface area contributed by atoms with Crippen molar-refractivity contribution in [1.82, 2.24) is 4.98 Å². The van der Waals surface area contributed by atoms with Gasteiger partial charge in [-0.05, 0) is 64.8 Å². The zero-order chi connectivity index (χ0) is 19.1. The van der Waals surface area contributed by atoms with Gasteiger partial charge in [0.25, 0.3) is 0 Å². The van der Waals surface area contributed by atoms with E-state index in [1.807, 2.05) is 61.5 Å². The fraction of sp³-hybridized carbons (Fsp3) is 0.0909. The number of hydrogen-bond donors (Lipinski definition) is 0. The minimum atomic E-state index is 0.244. The van der Waals surface area contributed by atoms with E-state index >= 15 is 0 Å². The number of fused-ring (bicyclic) bond motifs is 2. The van der Waals surface area contributed by atoms with Gasteiger partial charge in [0.05, 0.1) is 5.69 Å². The number of benzene rings is 3. The molecule has 3 aromatic carbocycles. The van der Waals surface area contributed by atoms with Gasteiger partial charge in [0.2, 0.25) is 12.7 Å². The molecule has 1 aliphatic rings. The maximum atomic E-state index is 5.92. The van der Waals surface area contributed by atoms with Crippen molar-refractivity contribution in [2.45, 2.75) is 6.92 Å². The Bertz CT molecular complexity index is 1230. The highest BCUT2D eigenvalue weighted by Crippen LogP contribution is 2.36. The summed E-state index contributed by atoms with van der Waals surface area (Å²) in [5.74, 6) is 2.07. The van der Waals surface area contributed by atoms with Crippen LogP contribution in [0.15, 0.2) is 68.5 Å². The summed E-state index contributed by atoms with van der Waals surface area (Å²) in [6.45, 7) is 2.29. The lowest BCUT2D eigenvalue weighted by Gasteiger charge is -2.01. The van der Waals surface area contributed by atoms with Crippen molar-refractivity contribution < 1.29 is 13.9 Å². The van der Waals surface area contributed by atoms with E-state index in [9.17, 15) is 0 Å². The van der Waals surface area contributed by atoms with Crippen molar-refractivity contribution in [2.24, 2.45) is 4.99 Å². The summed E-state index contributed by atoms with van der Waals surface area (Å²) >= 11 is 3.55. The monoisotopic (exact) mass is 434 g/mol. The number of aromatic nitrogens is 1. The number of halogens is 1. The molecule has 0 aliphatic carbocycles. The molecule has 0 amide bonds. The SMILES string of the molecule is Cc1ccccc1-c1nc2cc(N=Cc3cc4c(cc3Br)OCO4)ccc2o1. The maximum Gasteiger partial charge on any atom is 0.231 e. The standard InChI is InChI=1S/C22H15BrN2O3/c1-13-4-2-3-5-16(13)22-25-18-9-15(6-7-19(18)28-22)24-11-14-8-20-21(10-17(14)23)27-12-26-20/h2-11H,12H2,1H3. The lowest BCUT2D eigenvalue weighted by atomic mass is 10.1. The predicted molar refractivity (Wildman–Crippen MR) is 112 cm³/mol. The lowest BCUT2D eigenvalue weighted by Crippen LogP contribution is -1.92. The van der Waals surface area contributed by atoms with E-state index in [0.29, 0.717) is 5.89 Å². The van der Waals surface area contributed by atoms with Crippen molar-refractivity contribution in [1.29, 1.82) is 0 Å². The quantitative estimate of drug-likeness (QED) is 0.368. The van der Waals surface area contributed by atoms with Gasteiger partial charge in [-0.2, -0.15) is 0 Å². The van der Waals surface area contributed by atoms with Crippen molar-refractivity contribution in [3.05, 3.63) is 70.2 Å². The molecule has 0 saturated heterocycles. The van der Waals surface area contributed by atoms with E-state index in [0.717, 1.165) is 49.4 Å². The van der Waals surface area contributed by atoms with Crippen molar-refractivity contribution in [3.8, 4) is 23.0 Å². The first-order chi connectivity index (χ1) is 13.7. The van der Waals surface area contributed by atoms with Gasteiger partial charge in [-0.15, -0.1) is 0 Å². The van der Waals surface area contributed by atoms with Gasteiger partial charge >= 0.3 is 0 Å². The Balaban J connectivity index is 1.47. The van der Waals surface area contributed by atoms with E-state index in [4.69, 9.17) is 13.9 Å². The van der Waals surface area contributed by atoms with Crippen LogP contribution in [0.25, 0.3) is 22.6 Å². The van der Waals surface area contributed by atoms with Crippen molar-refractivity contribution >= 4 is 38.9 Å². The van der Waals surface area contributed by atoms with E-state index in [1.165, 1.54) is 0 Å². The number of oxazole rings is 1. The highest BCUT2D eigenvalue weighted by Gasteiger charge is 2.15. The van der Waals surface area contributed by atoms with Gasteiger partial charge in [-0.3, -0.25) is 4.99 Å². The van der Waals surface area contributed by atoms with Gasteiger partial charge in [0.15, 0.2) is 17.1 Å². The number of aryl methyl sites for hydroxylation is 1. The number of hydrogen-bond acceptors (Lipinski definition) is 5. The summed E-state index contributed by atoms with van der Waals surface area (Å²) in [6, 6.07) is 17.5. The molecule has 0 fully saturated rings. The van der Waals surface area contributed by atoms with Crippen molar-refractivity contribution in [2.75, 3.05) is 6.79 Å². The molecular weight excluding hydrogens is 420 g/mol. The summed E-state index contributed by atoms with van der Waals surface area (Å²) < 4.78 is 17.6. The van der Waals surface area contributed by atoms with Crippen LogP contribution in [-0.2, 0) is 0 Å². The van der Waals surface area contributed by atoms with Crippen LogP contribution in [-0.4, -0.2) is 18.0 Å². The van der Waals surface area contributed by atoms with Crippen LogP contribution in [0.2, 0.25) is 0 Å². The zero-order valence-corrected chi connectivity index (χ0v) is 16.6. The molecule has 0 unspecified atom stereocenters. The molecule has 0 radical (unpaired) electrons. The fourth-order valence-corrected chi connectivity index (χ4v) is 3.52. The van der Waals surface area contributed by atoms with Crippen LogP contribution in [0.1, 0.15) is 11.1 Å². The average Bonchev–Trinajstić information content (AvgIpc) is 3.32. The average molecular weight is 435 g/mol. The smallest absolute Gasteiger partial charge is 0.231 e. The molecule has 28 heavy (non-hydrogen) atoms. The molecule has 0 saturated carbocycles. The number of rotatable bonds is 3. The summed E-state index contributed by atoms with van der Waals surface area (Å²) in [5, 5.41) is 0. The third kappa shape index (κ3) is 3.05. The molecule has 138 valence electrons. The van der Waals surface area contributed by atoms with E-state index in [1.54, 1.807) is 6.21 Å². The normalized spacial score (nSPS) is 12.9. The Hall–Kier alpha value is -3.12. The summed E-state index contributed by atoms with van der Waals surface area (Å²) in [7, 11) is 0. The van der Waals surface area contributed by atoms with Gasteiger partial charge in [0, 0.05) is 21.8 Å². The minimum absolute atomic E-state index is 0.244. The first-order valence-corrected chi connectivity index (χ1v) is 9.56. The Kier molecular flexibility index (Phi) is 4.13. The summed E-state index contributed by atoms with van der Waals surface area (Å²) in [4.78, 5) is 9.22. The molecule has 1 aliphatic heterocycles. The number of nitrogens with zero attached hydrogens (tertiary/aromatic N) is 2. The highest BCUT2D eigenvalue weighted by molar-refractivity contribution is 9.10. The molecule has 2 heterocycles. The molecule has 0 N–H and O–H groups in total. The van der Waals surface area contributed by atoms with Crippen LogP contribution in [0.4, 0.5) is 5.69 Å². The lowest BCUT2D eigenvalue weighted by molar-refractivity contribution is 0.174. The summed E-state index contributed by atoms with van der Waals surface area (Å²) in [6.07, 6.45) is 1.79. The minimum Gasteiger partial charge on any atom is -0.454 e.